The summed E-state index contributed by atoms with van der Waals surface area (Å²) in [6.45, 7) is 15.5. The number of benzene rings is 2. The molecule has 0 saturated carbocycles. The molecule has 2 aliphatic rings. The second-order valence-corrected chi connectivity index (χ2v) is 14.9. The molecule has 0 spiro atoms. The van der Waals surface area contributed by atoms with E-state index in [-0.39, 0.29) is 5.41 Å². The van der Waals surface area contributed by atoms with Crippen LogP contribution in [0.15, 0.2) is 54.6 Å². The van der Waals surface area contributed by atoms with Crippen LogP contribution < -0.4 is 0 Å². The number of piperidine rings is 1. The Balaban J connectivity index is 1.28. The average Bonchev–Trinajstić information content (AvgIpc) is 3.52. The summed E-state index contributed by atoms with van der Waals surface area (Å²) in [4.78, 5) is 24.0. The number of hydrogen-bond acceptors (Lipinski definition) is 5. The van der Waals surface area contributed by atoms with Gasteiger partial charge in [0.05, 0.1) is 10.7 Å². The Bertz CT molecular complexity index is 1320. The summed E-state index contributed by atoms with van der Waals surface area (Å²) in [5, 5.41) is 11.5. The molecule has 226 valence electrons. The van der Waals surface area contributed by atoms with Crippen LogP contribution in [0.2, 0.25) is 0 Å². The predicted octanol–water partition coefficient (Wildman–Crippen LogP) is 7.39. The molecule has 5 rings (SSSR count). The van der Waals surface area contributed by atoms with Crippen molar-refractivity contribution in [1.29, 1.82) is 0 Å². The number of aryl methyl sites for hydroxylation is 2. The Labute approximate surface area is 257 Å². The molecular weight excluding hydrogens is 538 g/mol. The fourth-order valence-corrected chi connectivity index (χ4v) is 8.67. The first-order chi connectivity index (χ1) is 20.1. The van der Waals surface area contributed by atoms with Crippen LogP contribution >= 0.6 is 11.3 Å². The minimum absolute atomic E-state index is 0.319. The van der Waals surface area contributed by atoms with Crippen molar-refractivity contribution in [2.24, 2.45) is 11.3 Å². The average molecular weight is 588 g/mol. The summed E-state index contributed by atoms with van der Waals surface area (Å²) in [6, 6.07) is 19.1. The van der Waals surface area contributed by atoms with Crippen LogP contribution in [-0.4, -0.2) is 64.6 Å². The minimum atomic E-state index is -0.703. The Kier molecular flexibility index (Phi) is 9.86. The highest BCUT2D eigenvalue weighted by Crippen LogP contribution is 2.40. The van der Waals surface area contributed by atoms with Gasteiger partial charge in [-0.25, -0.2) is 4.98 Å². The van der Waals surface area contributed by atoms with Gasteiger partial charge in [0.2, 0.25) is 0 Å². The first-order valence-electron chi connectivity index (χ1n) is 15.9. The van der Waals surface area contributed by atoms with Crippen molar-refractivity contribution in [2.75, 3.05) is 32.7 Å². The maximum absolute atomic E-state index is 12.4. The lowest BCUT2D eigenvalue weighted by atomic mass is 9.85. The quantitative estimate of drug-likeness (QED) is 0.268. The van der Waals surface area contributed by atoms with E-state index in [1.165, 1.54) is 45.1 Å². The molecular formula is C36H49N3O2S. The summed E-state index contributed by atoms with van der Waals surface area (Å²) >= 11 is 1.95. The summed E-state index contributed by atoms with van der Waals surface area (Å²) in [7, 11) is 0. The topological polar surface area (TPSA) is 56.7 Å². The molecule has 3 heterocycles. The molecule has 2 saturated heterocycles. The third kappa shape index (κ3) is 7.32. The monoisotopic (exact) mass is 587 g/mol. The summed E-state index contributed by atoms with van der Waals surface area (Å²) < 4.78 is 0. The Morgan fingerprint density at radius 2 is 1.81 bits per heavy atom. The van der Waals surface area contributed by atoms with Crippen LogP contribution in [-0.2, 0) is 17.6 Å². The number of nitrogens with zero attached hydrogens (tertiary/aromatic N) is 3. The van der Waals surface area contributed by atoms with E-state index in [1.54, 1.807) is 0 Å². The zero-order chi connectivity index (χ0) is 29.9. The molecule has 0 bridgehead atoms. The van der Waals surface area contributed by atoms with Crippen molar-refractivity contribution in [3.8, 4) is 0 Å². The first-order valence-corrected chi connectivity index (χ1v) is 16.7. The third-order valence-electron chi connectivity index (χ3n) is 9.27. The molecule has 0 radical (unpaired) electrons. The number of carboxylic acids is 1. The van der Waals surface area contributed by atoms with Gasteiger partial charge in [-0.3, -0.25) is 9.69 Å². The first kappa shape index (κ1) is 30.9. The Morgan fingerprint density at radius 1 is 1.07 bits per heavy atom. The molecule has 3 atom stereocenters. The van der Waals surface area contributed by atoms with Crippen LogP contribution in [0.1, 0.15) is 91.1 Å². The Hall–Kier alpha value is -2.54. The molecule has 2 aliphatic heterocycles. The second-order valence-electron chi connectivity index (χ2n) is 13.7. The van der Waals surface area contributed by atoms with E-state index in [0.717, 1.165) is 52.0 Å². The van der Waals surface area contributed by atoms with Gasteiger partial charge in [-0.1, -0.05) is 94.3 Å². The van der Waals surface area contributed by atoms with Gasteiger partial charge < -0.3 is 10.0 Å². The van der Waals surface area contributed by atoms with E-state index >= 15 is 0 Å². The molecule has 2 fully saturated rings. The highest BCUT2D eigenvalue weighted by Gasteiger charge is 2.44. The van der Waals surface area contributed by atoms with Crippen molar-refractivity contribution in [3.05, 3.63) is 86.9 Å². The molecule has 6 heteroatoms. The van der Waals surface area contributed by atoms with Crippen molar-refractivity contribution < 1.29 is 9.90 Å². The summed E-state index contributed by atoms with van der Waals surface area (Å²) in [5.41, 5.74) is 4.98. The molecule has 42 heavy (non-hydrogen) atoms. The Morgan fingerprint density at radius 3 is 2.45 bits per heavy atom. The molecule has 3 aromatic rings. The van der Waals surface area contributed by atoms with Gasteiger partial charge in [0.15, 0.2) is 0 Å². The van der Waals surface area contributed by atoms with Gasteiger partial charge >= 0.3 is 5.97 Å². The summed E-state index contributed by atoms with van der Waals surface area (Å²) in [6.07, 6.45) is 5.47. The zero-order valence-electron chi connectivity index (χ0n) is 26.2. The van der Waals surface area contributed by atoms with E-state index in [2.05, 4.69) is 99.0 Å². The molecule has 5 nitrogen and oxygen atoms in total. The van der Waals surface area contributed by atoms with Crippen LogP contribution in [0, 0.1) is 18.3 Å². The van der Waals surface area contributed by atoms with E-state index in [0.29, 0.717) is 17.8 Å². The zero-order valence-corrected chi connectivity index (χ0v) is 27.0. The minimum Gasteiger partial charge on any atom is -0.480 e. The number of thiazole rings is 1. The van der Waals surface area contributed by atoms with Crippen LogP contribution in [0.25, 0.3) is 0 Å². The lowest BCUT2D eigenvalue weighted by Crippen LogP contribution is -2.48. The van der Waals surface area contributed by atoms with E-state index < -0.39 is 12.0 Å². The number of carboxylic acid groups (broad SMARTS) is 1. The molecule has 0 amide bonds. The number of carbonyl (C=O) groups is 1. The van der Waals surface area contributed by atoms with Gasteiger partial charge in [0, 0.05) is 36.9 Å². The SMILES string of the molecule is CCCc1nc(Cc2ccccc2)sc1C1CCN(C[C@H]2CN([C@@H](C(=O)O)C(C)(C)C)C[C@@H]2c2cccc(C)c2)CC1. The summed E-state index contributed by atoms with van der Waals surface area (Å²) in [5.74, 6) is 0.662. The number of hydrogen-bond donors (Lipinski definition) is 1. The predicted molar refractivity (Wildman–Crippen MR) is 174 cm³/mol. The van der Waals surface area contributed by atoms with Gasteiger partial charge in [-0.2, -0.15) is 0 Å². The maximum Gasteiger partial charge on any atom is 0.321 e. The fraction of sp³-hybridized carbons (Fsp3) is 0.556. The number of aliphatic carboxylic acids is 1. The number of aromatic nitrogens is 1. The van der Waals surface area contributed by atoms with Crippen molar-refractivity contribution in [3.63, 3.8) is 0 Å². The van der Waals surface area contributed by atoms with E-state index in [4.69, 9.17) is 4.98 Å². The third-order valence-corrected chi connectivity index (χ3v) is 10.5. The van der Waals surface area contributed by atoms with E-state index in [1.807, 2.05) is 11.3 Å². The molecule has 1 aromatic heterocycles. The van der Waals surface area contributed by atoms with E-state index in [9.17, 15) is 9.90 Å². The molecule has 0 unspecified atom stereocenters. The fourth-order valence-electron chi connectivity index (χ4n) is 7.36. The largest absolute Gasteiger partial charge is 0.480 e. The lowest BCUT2D eigenvalue weighted by Gasteiger charge is -2.36. The van der Waals surface area contributed by atoms with Crippen LogP contribution in [0.3, 0.4) is 0 Å². The van der Waals surface area contributed by atoms with Crippen molar-refractivity contribution in [1.82, 2.24) is 14.8 Å². The van der Waals surface area contributed by atoms with Crippen molar-refractivity contribution >= 4 is 17.3 Å². The van der Waals surface area contributed by atoms with Gasteiger partial charge in [0.25, 0.3) is 0 Å². The molecule has 0 aliphatic carbocycles. The van der Waals surface area contributed by atoms with Crippen LogP contribution in [0.4, 0.5) is 0 Å². The second kappa shape index (κ2) is 13.4. The maximum atomic E-state index is 12.4. The molecule has 2 aromatic carbocycles. The van der Waals surface area contributed by atoms with Gasteiger partial charge in [-0.05, 0) is 67.7 Å². The smallest absolute Gasteiger partial charge is 0.321 e. The molecule has 1 N–H and O–H groups in total. The highest BCUT2D eigenvalue weighted by atomic mass is 32.1. The van der Waals surface area contributed by atoms with Crippen LogP contribution in [0.5, 0.6) is 0 Å². The van der Waals surface area contributed by atoms with Gasteiger partial charge in [-0.15, -0.1) is 11.3 Å². The highest BCUT2D eigenvalue weighted by molar-refractivity contribution is 7.11. The number of likely N-dealkylation sites (tertiary alicyclic amines) is 2. The number of rotatable bonds is 10. The standard InChI is InChI=1S/C36H49N3O2S/c1-6-11-31-33(42-32(37-31)21-26-13-8-7-9-14-26)27-16-18-38(19-17-27)22-29-23-39(34(35(40)41)36(3,4)5)24-30(29)28-15-10-12-25(2)20-28/h7-10,12-15,20,27,29-30,34H,6,11,16-19,21-24H2,1-5H3,(H,40,41)/t29-,30+,34-/m0/s1. The lowest BCUT2D eigenvalue weighted by molar-refractivity contribution is -0.147. The van der Waals surface area contributed by atoms with Crippen molar-refractivity contribution in [2.45, 2.75) is 84.6 Å². The van der Waals surface area contributed by atoms with Gasteiger partial charge in [0.1, 0.15) is 6.04 Å². The normalized spacial score (nSPS) is 21.5.